The lowest BCUT2D eigenvalue weighted by molar-refractivity contribution is 0.0526. The van der Waals surface area contributed by atoms with Gasteiger partial charge in [0.05, 0.1) is 11.6 Å². The minimum absolute atomic E-state index is 0.0948. The van der Waals surface area contributed by atoms with Crippen molar-refractivity contribution in [1.82, 2.24) is 9.55 Å². The molecule has 3 aromatic rings. The van der Waals surface area contributed by atoms with Gasteiger partial charge < -0.3 is 9.30 Å². The molecule has 0 amide bonds. The summed E-state index contributed by atoms with van der Waals surface area (Å²) in [6.07, 6.45) is 0.753. The van der Waals surface area contributed by atoms with Crippen molar-refractivity contribution in [3.63, 3.8) is 0 Å². The van der Waals surface area contributed by atoms with Crippen LogP contribution in [0, 0.1) is 9.39 Å². The molecule has 0 N–H and O–H groups in total. The van der Waals surface area contributed by atoms with Crippen molar-refractivity contribution < 1.29 is 13.9 Å². The minimum atomic E-state index is -0.549. The lowest BCUT2D eigenvalue weighted by Gasteiger charge is -2.14. The van der Waals surface area contributed by atoms with Crippen molar-refractivity contribution in [1.29, 1.82) is 0 Å². The predicted octanol–water partition coefficient (Wildman–Crippen LogP) is 4.07. The second-order valence-corrected chi connectivity index (χ2v) is 8.29. The van der Waals surface area contributed by atoms with Gasteiger partial charge in [0.1, 0.15) is 21.6 Å². The van der Waals surface area contributed by atoms with E-state index in [1.54, 1.807) is 26.1 Å². The van der Waals surface area contributed by atoms with E-state index in [-0.39, 0.29) is 30.0 Å². The van der Waals surface area contributed by atoms with Crippen LogP contribution in [-0.4, -0.2) is 22.1 Å². The summed E-state index contributed by atoms with van der Waals surface area (Å²) in [5.74, 6) is -0.927. The number of esters is 1. The first-order valence-electron chi connectivity index (χ1n) is 8.49. The molecule has 2 heterocycles. The number of carbonyl (C=O) groups excluding carboxylic acids is 1. The molecule has 0 bridgehead atoms. The first-order valence-corrected chi connectivity index (χ1v) is 10.4. The van der Waals surface area contributed by atoms with Gasteiger partial charge in [-0.3, -0.25) is 4.79 Å². The zero-order chi connectivity index (χ0) is 19.7. The van der Waals surface area contributed by atoms with Crippen molar-refractivity contribution in [3.05, 3.63) is 59.8 Å². The maximum atomic E-state index is 14.4. The summed E-state index contributed by atoms with van der Waals surface area (Å²) in [6, 6.07) is 4.88. The van der Waals surface area contributed by atoms with E-state index in [4.69, 9.17) is 4.74 Å². The lowest BCUT2D eigenvalue weighted by Crippen LogP contribution is -2.25. The van der Waals surface area contributed by atoms with E-state index in [0.717, 1.165) is 8.58 Å². The van der Waals surface area contributed by atoms with Crippen LogP contribution in [0.4, 0.5) is 4.39 Å². The zero-order valence-electron chi connectivity index (χ0n) is 15.1. The number of fused-ring (bicyclic) bond motifs is 1. The summed E-state index contributed by atoms with van der Waals surface area (Å²) in [4.78, 5) is 30.0. The molecular formula is C19H18FIN2O3S. The highest BCUT2D eigenvalue weighted by Crippen LogP contribution is 2.27. The van der Waals surface area contributed by atoms with Crippen LogP contribution < -0.4 is 5.56 Å². The van der Waals surface area contributed by atoms with E-state index in [0.29, 0.717) is 27.9 Å². The lowest BCUT2D eigenvalue weighted by atomic mass is 10.0. The predicted molar refractivity (Wildman–Crippen MR) is 112 cm³/mol. The van der Waals surface area contributed by atoms with Crippen molar-refractivity contribution in [2.24, 2.45) is 7.05 Å². The smallest absolute Gasteiger partial charge is 0.342 e. The molecular weight excluding hydrogens is 482 g/mol. The summed E-state index contributed by atoms with van der Waals surface area (Å²) < 4.78 is 22.2. The molecule has 8 heteroatoms. The number of hydrogen-bond acceptors (Lipinski definition) is 5. The summed E-state index contributed by atoms with van der Waals surface area (Å²) in [5, 5.41) is 0.769. The largest absolute Gasteiger partial charge is 0.462 e. The molecule has 0 unspecified atom stereocenters. The Morgan fingerprint density at radius 1 is 1.37 bits per heavy atom. The van der Waals surface area contributed by atoms with Crippen LogP contribution in [0.5, 0.6) is 0 Å². The number of thiazole rings is 1. The van der Waals surface area contributed by atoms with E-state index in [9.17, 15) is 14.0 Å². The van der Waals surface area contributed by atoms with Crippen LogP contribution in [0.3, 0.4) is 0 Å². The standard InChI is InChI=1S/C19H18FIN2O3S/c1-4-14-22-16-15(19(25)26-5-2)13(23(3)18(24)17(16)27-14)8-10-6-7-11(21)9-12(10)20/h6-7,9H,4-5,8H2,1-3H3. The number of nitrogens with zero attached hydrogens (tertiary/aromatic N) is 2. The molecule has 2 aromatic heterocycles. The Kier molecular flexibility index (Phi) is 5.95. The Labute approximate surface area is 173 Å². The van der Waals surface area contributed by atoms with Gasteiger partial charge in [-0.2, -0.15) is 0 Å². The number of benzene rings is 1. The Balaban J connectivity index is 2.29. The highest BCUT2D eigenvalue weighted by molar-refractivity contribution is 14.1. The van der Waals surface area contributed by atoms with Gasteiger partial charge in [-0.1, -0.05) is 13.0 Å². The first kappa shape index (κ1) is 19.9. The van der Waals surface area contributed by atoms with E-state index in [2.05, 4.69) is 4.98 Å². The number of hydrogen-bond donors (Lipinski definition) is 0. The Morgan fingerprint density at radius 2 is 2.11 bits per heavy atom. The third kappa shape index (κ3) is 3.77. The molecule has 27 heavy (non-hydrogen) atoms. The van der Waals surface area contributed by atoms with Crippen LogP contribution in [0.1, 0.15) is 40.5 Å². The molecule has 142 valence electrons. The van der Waals surface area contributed by atoms with Crippen molar-refractivity contribution in [2.45, 2.75) is 26.7 Å². The van der Waals surface area contributed by atoms with E-state index >= 15 is 0 Å². The summed E-state index contributed by atoms with van der Waals surface area (Å²) in [7, 11) is 1.59. The number of rotatable bonds is 5. The van der Waals surface area contributed by atoms with Crippen LogP contribution in [-0.2, 0) is 24.6 Å². The van der Waals surface area contributed by atoms with Gasteiger partial charge in [0, 0.05) is 22.7 Å². The number of aromatic nitrogens is 2. The van der Waals surface area contributed by atoms with Crippen molar-refractivity contribution >= 4 is 50.1 Å². The number of pyridine rings is 1. The molecule has 0 aliphatic heterocycles. The summed E-state index contributed by atoms with van der Waals surface area (Å²) >= 11 is 3.31. The number of halogens is 2. The number of carbonyl (C=O) groups is 1. The summed E-state index contributed by atoms with van der Waals surface area (Å²) in [6.45, 7) is 3.85. The molecule has 0 atom stereocenters. The average molecular weight is 500 g/mol. The molecule has 0 saturated heterocycles. The van der Waals surface area contributed by atoms with E-state index in [1.165, 1.54) is 22.0 Å². The molecule has 1 aromatic carbocycles. The van der Waals surface area contributed by atoms with E-state index < -0.39 is 5.97 Å². The fourth-order valence-corrected chi connectivity index (χ4v) is 4.32. The first-order chi connectivity index (χ1) is 12.9. The SMILES string of the molecule is CCOC(=O)c1c(Cc2ccc(I)cc2F)n(C)c(=O)c2sc(CC)nc12. The molecule has 0 aliphatic rings. The van der Waals surface area contributed by atoms with Gasteiger partial charge in [0.25, 0.3) is 5.56 Å². The molecule has 0 radical (unpaired) electrons. The summed E-state index contributed by atoms with van der Waals surface area (Å²) in [5.41, 5.74) is 1.15. The molecule has 0 aliphatic carbocycles. The fraction of sp³-hybridized carbons (Fsp3) is 0.316. The van der Waals surface area contributed by atoms with Gasteiger partial charge in [0.2, 0.25) is 0 Å². The molecule has 0 fully saturated rings. The zero-order valence-corrected chi connectivity index (χ0v) is 18.1. The number of ether oxygens (including phenoxy) is 1. The quantitative estimate of drug-likeness (QED) is 0.392. The average Bonchev–Trinajstić information content (AvgIpc) is 3.06. The Bertz CT molecular complexity index is 1090. The van der Waals surface area contributed by atoms with Crippen LogP contribution >= 0.6 is 33.9 Å². The molecule has 3 rings (SSSR count). The monoisotopic (exact) mass is 500 g/mol. The maximum Gasteiger partial charge on any atom is 0.342 e. The highest BCUT2D eigenvalue weighted by atomic mass is 127. The third-order valence-electron chi connectivity index (χ3n) is 4.26. The normalized spacial score (nSPS) is 11.1. The maximum absolute atomic E-state index is 14.4. The second-order valence-electron chi connectivity index (χ2n) is 5.96. The van der Waals surface area contributed by atoms with Crippen LogP contribution in [0.15, 0.2) is 23.0 Å². The van der Waals surface area contributed by atoms with Crippen LogP contribution in [0.2, 0.25) is 0 Å². The molecule has 0 spiro atoms. The Morgan fingerprint density at radius 3 is 2.74 bits per heavy atom. The van der Waals surface area contributed by atoms with Gasteiger partial charge in [-0.15, -0.1) is 11.3 Å². The van der Waals surface area contributed by atoms with Gasteiger partial charge in [-0.25, -0.2) is 14.2 Å². The minimum Gasteiger partial charge on any atom is -0.462 e. The topological polar surface area (TPSA) is 61.2 Å². The van der Waals surface area contributed by atoms with Gasteiger partial charge in [0.15, 0.2) is 0 Å². The van der Waals surface area contributed by atoms with Crippen molar-refractivity contribution in [2.75, 3.05) is 6.61 Å². The third-order valence-corrected chi connectivity index (χ3v) is 6.11. The van der Waals surface area contributed by atoms with Crippen molar-refractivity contribution in [3.8, 4) is 0 Å². The molecule has 5 nitrogen and oxygen atoms in total. The second kappa shape index (κ2) is 8.05. The molecule has 0 saturated carbocycles. The van der Waals surface area contributed by atoms with E-state index in [1.807, 2.05) is 29.5 Å². The van der Waals surface area contributed by atoms with Crippen LogP contribution in [0.25, 0.3) is 10.2 Å². The number of aryl methyl sites for hydroxylation is 1. The Hall–Kier alpha value is -1.81. The van der Waals surface area contributed by atoms with Gasteiger partial charge >= 0.3 is 5.97 Å². The van der Waals surface area contributed by atoms with Gasteiger partial charge in [-0.05, 0) is 53.6 Å². The fourth-order valence-electron chi connectivity index (χ4n) is 2.88. The highest BCUT2D eigenvalue weighted by Gasteiger charge is 2.25.